The summed E-state index contributed by atoms with van der Waals surface area (Å²) in [4.78, 5) is 24.6. The summed E-state index contributed by atoms with van der Waals surface area (Å²) in [6.45, 7) is 2.78. The zero-order valence-electron chi connectivity index (χ0n) is 19.3. The third-order valence-corrected chi connectivity index (χ3v) is 7.71. The molecule has 0 spiro atoms. The first kappa shape index (κ1) is 25.8. The summed E-state index contributed by atoms with van der Waals surface area (Å²) >= 11 is 0. The van der Waals surface area contributed by atoms with Crippen LogP contribution in [-0.2, 0) is 37.3 Å². The first-order valence-electron chi connectivity index (χ1n) is 11.6. The molecule has 1 saturated heterocycles. The van der Waals surface area contributed by atoms with Crippen LogP contribution in [0.2, 0.25) is 0 Å². The summed E-state index contributed by atoms with van der Waals surface area (Å²) in [6.07, 6.45) is 3.32. The lowest BCUT2D eigenvalue weighted by Crippen LogP contribution is -2.35. The van der Waals surface area contributed by atoms with Crippen LogP contribution in [0.25, 0.3) is 0 Å². The van der Waals surface area contributed by atoms with Gasteiger partial charge in [0.25, 0.3) is 5.91 Å². The van der Waals surface area contributed by atoms with E-state index in [1.807, 2.05) is 0 Å². The number of aryl methyl sites for hydroxylation is 1. The van der Waals surface area contributed by atoms with Crippen molar-refractivity contribution in [3.63, 3.8) is 0 Å². The minimum atomic E-state index is -3.51. The largest absolute Gasteiger partial charge is 0.453 e. The Hall–Kier alpha value is -2.78. The predicted octanol–water partition coefficient (Wildman–Crippen LogP) is 3.57. The number of halogens is 1. The molecular weight excluding hydrogens is 459 g/mol. The van der Waals surface area contributed by atoms with E-state index >= 15 is 0 Å². The van der Waals surface area contributed by atoms with Gasteiger partial charge in [-0.3, -0.25) is 9.59 Å². The van der Waals surface area contributed by atoms with Crippen molar-refractivity contribution < 1.29 is 27.1 Å². The third kappa shape index (κ3) is 7.36. The third-order valence-electron chi connectivity index (χ3n) is 5.80. The molecule has 2 aromatic rings. The van der Waals surface area contributed by atoms with Crippen LogP contribution in [-0.4, -0.2) is 43.8 Å². The minimum Gasteiger partial charge on any atom is -0.453 e. The molecule has 0 aliphatic carbocycles. The van der Waals surface area contributed by atoms with Crippen LogP contribution < -0.4 is 5.32 Å². The van der Waals surface area contributed by atoms with Crippen molar-refractivity contribution in [1.29, 1.82) is 0 Å². The maximum absolute atomic E-state index is 12.9. The molecule has 7 nitrogen and oxygen atoms in total. The summed E-state index contributed by atoms with van der Waals surface area (Å²) in [7, 11) is -3.51. The standard InChI is InChI=1S/C25H31FN2O5S/c1-19(25(30)27-18-21-6-11-22(26)12-7-21)33-24(29)15-10-20-8-13-23(14-9-20)34(31,32)28-16-4-2-3-5-17-28/h6-9,11-14,19H,2-5,10,15-18H2,1H3,(H,27,30). The van der Waals surface area contributed by atoms with Crippen LogP contribution in [0, 0.1) is 5.82 Å². The lowest BCUT2D eigenvalue weighted by Gasteiger charge is -2.20. The van der Waals surface area contributed by atoms with Gasteiger partial charge in [0.15, 0.2) is 6.10 Å². The Morgan fingerprint density at radius 1 is 0.971 bits per heavy atom. The van der Waals surface area contributed by atoms with Crippen molar-refractivity contribution in [2.24, 2.45) is 0 Å². The summed E-state index contributed by atoms with van der Waals surface area (Å²) in [5.41, 5.74) is 1.54. The number of benzene rings is 2. The fourth-order valence-electron chi connectivity index (χ4n) is 3.75. The van der Waals surface area contributed by atoms with Crippen LogP contribution >= 0.6 is 0 Å². The average Bonchev–Trinajstić information content (AvgIpc) is 3.13. The zero-order valence-corrected chi connectivity index (χ0v) is 20.2. The van der Waals surface area contributed by atoms with Gasteiger partial charge in [0, 0.05) is 26.1 Å². The maximum Gasteiger partial charge on any atom is 0.306 e. The molecule has 1 fully saturated rings. The highest BCUT2D eigenvalue weighted by Gasteiger charge is 2.25. The van der Waals surface area contributed by atoms with Crippen molar-refractivity contribution in [2.75, 3.05) is 13.1 Å². The molecule has 1 N–H and O–H groups in total. The minimum absolute atomic E-state index is 0.0633. The number of amides is 1. The number of carbonyl (C=O) groups excluding carboxylic acids is 2. The molecule has 0 bridgehead atoms. The Kier molecular flexibility index (Phi) is 9.18. The number of esters is 1. The van der Waals surface area contributed by atoms with E-state index in [2.05, 4.69) is 5.32 Å². The summed E-state index contributed by atoms with van der Waals surface area (Å²) < 4.78 is 45.4. The Balaban J connectivity index is 1.45. The molecule has 0 saturated carbocycles. The number of hydrogen-bond acceptors (Lipinski definition) is 5. The van der Waals surface area contributed by atoms with E-state index < -0.39 is 28.0 Å². The Labute approximate surface area is 200 Å². The average molecular weight is 491 g/mol. The Morgan fingerprint density at radius 2 is 1.56 bits per heavy atom. The van der Waals surface area contributed by atoms with Gasteiger partial charge in [0.05, 0.1) is 4.90 Å². The van der Waals surface area contributed by atoms with Crippen LogP contribution in [0.15, 0.2) is 53.4 Å². The van der Waals surface area contributed by atoms with E-state index in [0.29, 0.717) is 19.5 Å². The molecule has 1 amide bonds. The fraction of sp³-hybridized carbons (Fsp3) is 0.440. The zero-order chi connectivity index (χ0) is 24.6. The van der Waals surface area contributed by atoms with Crippen molar-refractivity contribution in [1.82, 2.24) is 9.62 Å². The highest BCUT2D eigenvalue weighted by Crippen LogP contribution is 2.21. The van der Waals surface area contributed by atoms with E-state index in [9.17, 15) is 22.4 Å². The van der Waals surface area contributed by atoms with Gasteiger partial charge in [0.1, 0.15) is 5.82 Å². The summed E-state index contributed by atoms with van der Waals surface area (Å²) in [6, 6.07) is 12.3. The van der Waals surface area contributed by atoms with Gasteiger partial charge in [-0.25, -0.2) is 12.8 Å². The highest BCUT2D eigenvalue weighted by atomic mass is 32.2. The lowest BCUT2D eigenvalue weighted by molar-refractivity contribution is -0.154. The molecule has 34 heavy (non-hydrogen) atoms. The van der Waals surface area contributed by atoms with Gasteiger partial charge in [0.2, 0.25) is 10.0 Å². The summed E-state index contributed by atoms with van der Waals surface area (Å²) in [5.74, 6) is -1.32. The lowest BCUT2D eigenvalue weighted by atomic mass is 10.1. The number of nitrogens with one attached hydrogen (secondary N) is 1. The number of carbonyl (C=O) groups is 2. The van der Waals surface area contributed by atoms with Crippen LogP contribution in [0.3, 0.4) is 0 Å². The van der Waals surface area contributed by atoms with Gasteiger partial charge >= 0.3 is 5.97 Å². The Morgan fingerprint density at radius 3 is 2.18 bits per heavy atom. The predicted molar refractivity (Wildman–Crippen MR) is 126 cm³/mol. The van der Waals surface area contributed by atoms with E-state index in [-0.39, 0.29) is 23.7 Å². The topological polar surface area (TPSA) is 92.8 Å². The molecule has 9 heteroatoms. The fourth-order valence-corrected chi connectivity index (χ4v) is 5.27. The van der Waals surface area contributed by atoms with E-state index in [1.165, 1.54) is 19.1 Å². The molecule has 1 unspecified atom stereocenters. The van der Waals surface area contributed by atoms with Gasteiger partial charge in [-0.1, -0.05) is 37.1 Å². The first-order valence-corrected chi connectivity index (χ1v) is 13.0. The molecule has 1 aliphatic rings. The molecule has 1 aliphatic heterocycles. The van der Waals surface area contributed by atoms with Crippen molar-refractivity contribution >= 4 is 21.9 Å². The monoisotopic (exact) mass is 490 g/mol. The normalized spacial score (nSPS) is 15.8. The molecular formula is C25H31FN2O5S. The molecule has 0 radical (unpaired) electrons. The van der Waals surface area contributed by atoms with Gasteiger partial charge < -0.3 is 10.1 Å². The van der Waals surface area contributed by atoms with Crippen LogP contribution in [0.1, 0.15) is 50.2 Å². The SMILES string of the molecule is CC(OC(=O)CCc1ccc(S(=O)(=O)N2CCCCCC2)cc1)C(=O)NCc1ccc(F)cc1. The summed E-state index contributed by atoms with van der Waals surface area (Å²) in [5, 5.41) is 2.65. The Bertz CT molecular complexity index is 1060. The quantitative estimate of drug-likeness (QED) is 0.543. The van der Waals surface area contributed by atoms with Crippen molar-refractivity contribution in [2.45, 2.75) is 63.0 Å². The first-order chi connectivity index (χ1) is 16.3. The molecule has 0 aromatic heterocycles. The van der Waals surface area contributed by atoms with E-state index in [4.69, 9.17) is 4.74 Å². The smallest absolute Gasteiger partial charge is 0.306 e. The van der Waals surface area contributed by atoms with E-state index in [0.717, 1.165) is 36.8 Å². The maximum atomic E-state index is 12.9. The number of rotatable bonds is 9. The number of sulfonamides is 1. The second-order valence-corrected chi connectivity index (χ2v) is 10.4. The van der Waals surface area contributed by atoms with Crippen molar-refractivity contribution in [3.8, 4) is 0 Å². The number of hydrogen-bond donors (Lipinski definition) is 1. The molecule has 1 atom stereocenters. The van der Waals surface area contributed by atoms with E-state index in [1.54, 1.807) is 40.7 Å². The second kappa shape index (κ2) is 12.1. The molecule has 184 valence electrons. The second-order valence-electron chi connectivity index (χ2n) is 8.44. The molecule has 2 aromatic carbocycles. The van der Waals surface area contributed by atoms with Gasteiger partial charge in [-0.2, -0.15) is 4.31 Å². The highest BCUT2D eigenvalue weighted by molar-refractivity contribution is 7.89. The number of ether oxygens (including phenoxy) is 1. The van der Waals surface area contributed by atoms with Gasteiger partial charge in [-0.15, -0.1) is 0 Å². The van der Waals surface area contributed by atoms with Crippen molar-refractivity contribution in [3.05, 3.63) is 65.5 Å². The number of nitrogens with zero attached hydrogens (tertiary/aromatic N) is 1. The molecule has 1 heterocycles. The van der Waals surface area contributed by atoms with Crippen LogP contribution in [0.4, 0.5) is 4.39 Å². The molecule has 3 rings (SSSR count). The van der Waals surface area contributed by atoms with Crippen LogP contribution in [0.5, 0.6) is 0 Å². The van der Waals surface area contributed by atoms with Gasteiger partial charge in [-0.05, 0) is 61.6 Å².